The summed E-state index contributed by atoms with van der Waals surface area (Å²) < 4.78 is 11.6. The maximum absolute atomic E-state index is 6.12. The smallest absolute Gasteiger partial charge is 0.119 e. The van der Waals surface area contributed by atoms with Gasteiger partial charge in [0.05, 0.1) is 13.2 Å². The molecule has 1 saturated heterocycles. The van der Waals surface area contributed by atoms with Crippen molar-refractivity contribution in [1.29, 1.82) is 0 Å². The van der Waals surface area contributed by atoms with Gasteiger partial charge in [0.2, 0.25) is 0 Å². The molecular weight excluding hydrogens is 300 g/mol. The Hall–Kier alpha value is -2.20. The van der Waals surface area contributed by atoms with E-state index >= 15 is 0 Å². The first-order valence-corrected chi connectivity index (χ1v) is 8.65. The summed E-state index contributed by atoms with van der Waals surface area (Å²) in [6.07, 6.45) is 1.25. The minimum absolute atomic E-state index is 0.0562. The van der Waals surface area contributed by atoms with Crippen LogP contribution in [0, 0.1) is 0 Å². The van der Waals surface area contributed by atoms with Crippen LogP contribution in [0.25, 0.3) is 0 Å². The summed E-state index contributed by atoms with van der Waals surface area (Å²) in [6.45, 7) is 6.60. The minimum atomic E-state index is 0.0562. The molecule has 0 amide bonds. The van der Waals surface area contributed by atoms with Crippen LogP contribution >= 0.6 is 0 Å². The first kappa shape index (κ1) is 16.7. The van der Waals surface area contributed by atoms with Crippen LogP contribution in [0.5, 0.6) is 11.5 Å². The van der Waals surface area contributed by atoms with Crippen LogP contribution < -0.4 is 20.1 Å². The lowest BCUT2D eigenvalue weighted by atomic mass is 10.1. The number of hydrogen-bond acceptors (Lipinski definition) is 4. The molecule has 2 atom stereocenters. The minimum Gasteiger partial charge on any atom is -0.494 e. The molecule has 0 radical (unpaired) electrons. The summed E-state index contributed by atoms with van der Waals surface area (Å²) in [5.41, 5.74) is 8.23. The van der Waals surface area contributed by atoms with E-state index < -0.39 is 0 Å². The quantitative estimate of drug-likeness (QED) is 0.878. The molecule has 0 aromatic heterocycles. The SMILES string of the molecule is CCOc1ccc(N2CCC(Oc3ccc(C(C)N)cc3)C2)cc1. The van der Waals surface area contributed by atoms with Gasteiger partial charge in [0.1, 0.15) is 17.6 Å². The number of nitrogens with two attached hydrogens (primary N) is 1. The van der Waals surface area contributed by atoms with Crippen LogP contribution in [0.3, 0.4) is 0 Å². The first-order chi connectivity index (χ1) is 11.7. The van der Waals surface area contributed by atoms with Crippen LogP contribution in [-0.4, -0.2) is 25.8 Å². The summed E-state index contributed by atoms with van der Waals surface area (Å²) >= 11 is 0. The predicted octanol–water partition coefficient (Wildman–Crippen LogP) is 3.76. The zero-order chi connectivity index (χ0) is 16.9. The molecule has 1 aliphatic rings. The molecule has 0 saturated carbocycles. The number of hydrogen-bond donors (Lipinski definition) is 1. The van der Waals surface area contributed by atoms with E-state index in [0.717, 1.165) is 36.6 Å². The number of ether oxygens (including phenoxy) is 2. The van der Waals surface area contributed by atoms with Gasteiger partial charge >= 0.3 is 0 Å². The molecular formula is C20H26N2O2. The van der Waals surface area contributed by atoms with Crippen LogP contribution in [0.4, 0.5) is 5.69 Å². The topological polar surface area (TPSA) is 47.7 Å². The Morgan fingerprint density at radius 3 is 2.38 bits per heavy atom. The fourth-order valence-electron chi connectivity index (χ4n) is 3.02. The van der Waals surface area contributed by atoms with Crippen molar-refractivity contribution in [3.05, 3.63) is 54.1 Å². The van der Waals surface area contributed by atoms with Crippen molar-refractivity contribution in [2.24, 2.45) is 5.73 Å². The molecule has 1 heterocycles. The Bertz CT molecular complexity index is 638. The molecule has 24 heavy (non-hydrogen) atoms. The summed E-state index contributed by atoms with van der Waals surface area (Å²) in [4.78, 5) is 2.36. The Balaban J connectivity index is 1.56. The van der Waals surface area contributed by atoms with Crippen LogP contribution in [0.2, 0.25) is 0 Å². The van der Waals surface area contributed by atoms with Crippen molar-refractivity contribution in [2.75, 3.05) is 24.6 Å². The lowest BCUT2D eigenvalue weighted by Crippen LogP contribution is -2.24. The Morgan fingerprint density at radius 1 is 1.08 bits per heavy atom. The molecule has 0 spiro atoms. The molecule has 128 valence electrons. The standard InChI is InChI=1S/C20H26N2O2/c1-3-23-18-10-6-17(7-11-18)22-13-12-20(14-22)24-19-8-4-16(5-9-19)15(2)21/h4-11,15,20H,3,12-14,21H2,1-2H3. The van der Waals surface area contributed by atoms with Gasteiger partial charge in [0.15, 0.2) is 0 Å². The summed E-state index contributed by atoms with van der Waals surface area (Å²) in [6, 6.07) is 16.4. The van der Waals surface area contributed by atoms with Gasteiger partial charge in [-0.15, -0.1) is 0 Å². The van der Waals surface area contributed by atoms with Gasteiger partial charge in [0, 0.05) is 24.7 Å². The van der Waals surface area contributed by atoms with Gasteiger partial charge in [-0.05, 0) is 55.8 Å². The molecule has 2 aromatic carbocycles. The highest BCUT2D eigenvalue weighted by atomic mass is 16.5. The average molecular weight is 326 g/mol. The van der Waals surface area contributed by atoms with Crippen molar-refractivity contribution >= 4 is 5.69 Å². The molecule has 2 unspecified atom stereocenters. The van der Waals surface area contributed by atoms with E-state index in [9.17, 15) is 0 Å². The molecule has 4 nitrogen and oxygen atoms in total. The predicted molar refractivity (Wildman–Crippen MR) is 97.9 cm³/mol. The highest BCUT2D eigenvalue weighted by Crippen LogP contribution is 2.26. The highest BCUT2D eigenvalue weighted by molar-refractivity contribution is 5.50. The van der Waals surface area contributed by atoms with E-state index in [4.69, 9.17) is 15.2 Å². The maximum Gasteiger partial charge on any atom is 0.119 e. The largest absolute Gasteiger partial charge is 0.494 e. The third kappa shape index (κ3) is 4.01. The zero-order valence-corrected chi connectivity index (χ0v) is 14.4. The van der Waals surface area contributed by atoms with Crippen molar-refractivity contribution in [2.45, 2.75) is 32.4 Å². The normalized spacial score (nSPS) is 18.5. The van der Waals surface area contributed by atoms with E-state index in [1.165, 1.54) is 5.69 Å². The van der Waals surface area contributed by atoms with Gasteiger partial charge in [0.25, 0.3) is 0 Å². The van der Waals surface area contributed by atoms with Gasteiger partial charge in [-0.2, -0.15) is 0 Å². The summed E-state index contributed by atoms with van der Waals surface area (Å²) in [7, 11) is 0. The average Bonchev–Trinajstić information content (AvgIpc) is 3.05. The Morgan fingerprint density at radius 2 is 1.75 bits per heavy atom. The number of rotatable bonds is 6. The third-order valence-electron chi connectivity index (χ3n) is 4.37. The van der Waals surface area contributed by atoms with Crippen molar-refractivity contribution in [3.8, 4) is 11.5 Å². The number of anilines is 1. The lowest BCUT2D eigenvalue weighted by Gasteiger charge is -2.19. The van der Waals surface area contributed by atoms with Crippen molar-refractivity contribution in [3.63, 3.8) is 0 Å². The van der Waals surface area contributed by atoms with Crippen LogP contribution in [0.15, 0.2) is 48.5 Å². The Labute approximate surface area is 144 Å². The van der Waals surface area contributed by atoms with Crippen molar-refractivity contribution in [1.82, 2.24) is 0 Å². The Kier molecular flexibility index (Phi) is 5.26. The number of benzene rings is 2. The third-order valence-corrected chi connectivity index (χ3v) is 4.37. The maximum atomic E-state index is 6.12. The van der Waals surface area contributed by atoms with Crippen LogP contribution in [0.1, 0.15) is 31.9 Å². The van der Waals surface area contributed by atoms with Crippen LogP contribution in [-0.2, 0) is 0 Å². The molecule has 3 rings (SSSR count). The summed E-state index contributed by atoms with van der Waals surface area (Å²) in [5.74, 6) is 1.83. The van der Waals surface area contributed by atoms with E-state index in [1.54, 1.807) is 0 Å². The lowest BCUT2D eigenvalue weighted by molar-refractivity contribution is 0.225. The zero-order valence-electron chi connectivity index (χ0n) is 14.4. The molecule has 0 aliphatic carbocycles. The van der Waals surface area contributed by atoms with E-state index in [0.29, 0.717) is 6.61 Å². The second kappa shape index (κ2) is 7.58. The fourth-order valence-corrected chi connectivity index (χ4v) is 3.02. The fraction of sp³-hybridized carbons (Fsp3) is 0.400. The van der Waals surface area contributed by atoms with Gasteiger partial charge in [-0.3, -0.25) is 0 Å². The second-order valence-corrected chi connectivity index (χ2v) is 6.26. The molecule has 2 aromatic rings. The molecule has 1 fully saturated rings. The molecule has 2 N–H and O–H groups in total. The van der Waals surface area contributed by atoms with Crippen molar-refractivity contribution < 1.29 is 9.47 Å². The van der Waals surface area contributed by atoms with E-state index in [-0.39, 0.29) is 12.1 Å². The summed E-state index contributed by atoms with van der Waals surface area (Å²) in [5, 5.41) is 0. The molecule has 0 bridgehead atoms. The van der Waals surface area contributed by atoms with Gasteiger partial charge in [-0.25, -0.2) is 0 Å². The monoisotopic (exact) mass is 326 g/mol. The van der Waals surface area contributed by atoms with Gasteiger partial charge in [-0.1, -0.05) is 12.1 Å². The highest BCUT2D eigenvalue weighted by Gasteiger charge is 2.24. The first-order valence-electron chi connectivity index (χ1n) is 8.65. The molecule has 4 heteroatoms. The van der Waals surface area contributed by atoms with E-state index in [1.807, 2.05) is 50.2 Å². The number of nitrogens with zero attached hydrogens (tertiary/aromatic N) is 1. The van der Waals surface area contributed by atoms with Gasteiger partial charge < -0.3 is 20.1 Å². The van der Waals surface area contributed by atoms with E-state index in [2.05, 4.69) is 17.0 Å². The molecule has 1 aliphatic heterocycles. The second-order valence-electron chi connectivity index (χ2n) is 6.26.